The van der Waals surface area contributed by atoms with Crippen LogP contribution in [-0.4, -0.2) is 24.5 Å². The second-order valence-corrected chi connectivity index (χ2v) is 5.59. The minimum Gasteiger partial charge on any atom is -0.435 e. The number of ether oxygens (including phenoxy) is 1. The molecule has 128 valence electrons. The van der Waals surface area contributed by atoms with Crippen molar-refractivity contribution in [2.45, 2.75) is 32.4 Å². The lowest BCUT2D eigenvalue weighted by atomic mass is 9.95. The molecular formula is C19H21F2NO2. The molecule has 3 nitrogen and oxygen atoms in total. The van der Waals surface area contributed by atoms with Crippen molar-refractivity contribution in [3.05, 3.63) is 65.7 Å². The van der Waals surface area contributed by atoms with Crippen molar-refractivity contribution in [3.63, 3.8) is 0 Å². The van der Waals surface area contributed by atoms with Gasteiger partial charge in [0.05, 0.1) is 5.92 Å². The van der Waals surface area contributed by atoms with Gasteiger partial charge in [-0.15, -0.1) is 0 Å². The number of nitrogens with zero attached hydrogens (tertiary/aromatic N) is 1. The molecule has 1 unspecified atom stereocenters. The summed E-state index contributed by atoms with van der Waals surface area (Å²) >= 11 is 0. The minimum atomic E-state index is -2.84. The molecule has 0 spiro atoms. The van der Waals surface area contributed by atoms with E-state index < -0.39 is 6.61 Å². The van der Waals surface area contributed by atoms with Crippen LogP contribution in [0.25, 0.3) is 0 Å². The van der Waals surface area contributed by atoms with Crippen LogP contribution in [0, 0.1) is 0 Å². The molecule has 1 amide bonds. The minimum absolute atomic E-state index is 0.0385. The van der Waals surface area contributed by atoms with Crippen molar-refractivity contribution in [2.75, 3.05) is 7.05 Å². The van der Waals surface area contributed by atoms with Gasteiger partial charge in [-0.3, -0.25) is 4.79 Å². The summed E-state index contributed by atoms with van der Waals surface area (Å²) in [4.78, 5) is 14.4. The molecule has 0 N–H and O–H groups in total. The summed E-state index contributed by atoms with van der Waals surface area (Å²) in [5.74, 6) is -0.0345. The van der Waals surface area contributed by atoms with E-state index in [1.165, 1.54) is 12.1 Å². The highest BCUT2D eigenvalue weighted by Gasteiger charge is 2.22. The number of amides is 1. The molecule has 2 aromatic carbocycles. The van der Waals surface area contributed by atoms with Crippen molar-refractivity contribution in [3.8, 4) is 5.75 Å². The van der Waals surface area contributed by atoms with Gasteiger partial charge in [-0.1, -0.05) is 49.4 Å². The largest absolute Gasteiger partial charge is 0.435 e. The van der Waals surface area contributed by atoms with Crippen LogP contribution >= 0.6 is 0 Å². The van der Waals surface area contributed by atoms with Gasteiger partial charge in [0, 0.05) is 13.6 Å². The maximum Gasteiger partial charge on any atom is 0.387 e. The molecule has 0 heterocycles. The Balaban J connectivity index is 2.02. The van der Waals surface area contributed by atoms with Crippen LogP contribution in [0.2, 0.25) is 0 Å². The van der Waals surface area contributed by atoms with Crippen LogP contribution in [0.1, 0.15) is 30.4 Å². The second kappa shape index (κ2) is 8.43. The Hall–Kier alpha value is -2.43. The molecule has 0 aliphatic heterocycles. The normalized spacial score (nSPS) is 12.0. The number of likely N-dealkylation sites (N-methyl/N-ethyl adjacent to an activating group) is 1. The maximum absolute atomic E-state index is 12.7. The van der Waals surface area contributed by atoms with E-state index in [0.29, 0.717) is 13.0 Å². The third-order valence-electron chi connectivity index (χ3n) is 3.85. The Morgan fingerprint density at radius 3 is 2.25 bits per heavy atom. The summed E-state index contributed by atoms with van der Waals surface area (Å²) in [7, 11) is 1.75. The maximum atomic E-state index is 12.7. The smallest absolute Gasteiger partial charge is 0.387 e. The molecule has 2 aromatic rings. The van der Waals surface area contributed by atoms with Gasteiger partial charge in [-0.05, 0) is 29.7 Å². The Morgan fingerprint density at radius 1 is 1.08 bits per heavy atom. The van der Waals surface area contributed by atoms with E-state index in [0.717, 1.165) is 11.1 Å². The molecule has 0 aliphatic carbocycles. The van der Waals surface area contributed by atoms with Crippen molar-refractivity contribution in [1.29, 1.82) is 0 Å². The number of hydrogen-bond acceptors (Lipinski definition) is 2. The number of hydrogen-bond donors (Lipinski definition) is 0. The highest BCUT2D eigenvalue weighted by molar-refractivity contribution is 5.83. The zero-order valence-corrected chi connectivity index (χ0v) is 13.8. The molecule has 2 rings (SSSR count). The number of benzene rings is 2. The molecular weight excluding hydrogens is 312 g/mol. The van der Waals surface area contributed by atoms with Crippen molar-refractivity contribution < 1.29 is 18.3 Å². The van der Waals surface area contributed by atoms with Crippen LogP contribution in [0.15, 0.2) is 54.6 Å². The average Bonchev–Trinajstić information content (AvgIpc) is 2.57. The lowest BCUT2D eigenvalue weighted by Gasteiger charge is -2.23. The van der Waals surface area contributed by atoms with Crippen LogP contribution in [0.4, 0.5) is 8.78 Å². The molecule has 5 heteroatoms. The van der Waals surface area contributed by atoms with Gasteiger partial charge in [-0.2, -0.15) is 8.78 Å². The molecule has 0 radical (unpaired) electrons. The molecule has 0 bridgehead atoms. The summed E-state index contributed by atoms with van der Waals surface area (Å²) < 4.78 is 28.6. The van der Waals surface area contributed by atoms with E-state index in [2.05, 4.69) is 4.74 Å². The highest BCUT2D eigenvalue weighted by atomic mass is 19.3. The fourth-order valence-electron chi connectivity index (χ4n) is 2.63. The Labute approximate surface area is 140 Å². The first-order chi connectivity index (χ1) is 11.5. The van der Waals surface area contributed by atoms with Crippen LogP contribution in [-0.2, 0) is 11.3 Å². The van der Waals surface area contributed by atoms with Gasteiger partial charge < -0.3 is 9.64 Å². The van der Waals surface area contributed by atoms with E-state index in [-0.39, 0.29) is 17.6 Å². The zero-order valence-electron chi connectivity index (χ0n) is 13.8. The van der Waals surface area contributed by atoms with Crippen molar-refractivity contribution >= 4 is 5.91 Å². The van der Waals surface area contributed by atoms with Gasteiger partial charge in [0.2, 0.25) is 5.91 Å². The third-order valence-corrected chi connectivity index (χ3v) is 3.85. The Morgan fingerprint density at radius 2 is 1.71 bits per heavy atom. The summed E-state index contributed by atoms with van der Waals surface area (Å²) in [5, 5.41) is 0. The Bertz CT molecular complexity index is 644. The van der Waals surface area contributed by atoms with Crippen LogP contribution in [0.5, 0.6) is 5.75 Å². The lowest BCUT2D eigenvalue weighted by molar-refractivity contribution is -0.132. The quantitative estimate of drug-likeness (QED) is 0.750. The van der Waals surface area contributed by atoms with Gasteiger partial charge in [0.15, 0.2) is 0 Å². The van der Waals surface area contributed by atoms with Crippen molar-refractivity contribution in [2.24, 2.45) is 0 Å². The fourth-order valence-corrected chi connectivity index (χ4v) is 2.63. The molecule has 1 atom stereocenters. The topological polar surface area (TPSA) is 29.5 Å². The van der Waals surface area contributed by atoms with Gasteiger partial charge >= 0.3 is 6.61 Å². The molecule has 0 fully saturated rings. The number of rotatable bonds is 7. The van der Waals surface area contributed by atoms with Gasteiger partial charge in [0.1, 0.15) is 5.75 Å². The standard InChI is InChI=1S/C19H21F2NO2/c1-3-17(15-7-5-4-6-8-15)18(23)22(2)13-14-9-11-16(12-10-14)24-19(20)21/h4-12,17,19H,3,13H2,1-2H3. The monoisotopic (exact) mass is 333 g/mol. The van der Waals surface area contributed by atoms with E-state index in [1.54, 1.807) is 24.1 Å². The summed E-state index contributed by atoms with van der Waals surface area (Å²) in [6.07, 6.45) is 0.717. The molecule has 24 heavy (non-hydrogen) atoms. The predicted octanol–water partition coefficient (Wildman–Crippen LogP) is 4.44. The fraction of sp³-hybridized carbons (Fsp3) is 0.316. The van der Waals surface area contributed by atoms with Crippen LogP contribution < -0.4 is 4.74 Å². The van der Waals surface area contributed by atoms with E-state index >= 15 is 0 Å². The first kappa shape index (κ1) is 17.9. The Kier molecular flexibility index (Phi) is 6.29. The van der Waals surface area contributed by atoms with Crippen molar-refractivity contribution in [1.82, 2.24) is 4.90 Å². The van der Waals surface area contributed by atoms with E-state index in [1.807, 2.05) is 37.3 Å². The number of carbonyl (C=O) groups is 1. The average molecular weight is 333 g/mol. The van der Waals surface area contributed by atoms with Gasteiger partial charge in [-0.25, -0.2) is 0 Å². The number of halogens is 2. The zero-order chi connectivity index (χ0) is 17.5. The van der Waals surface area contributed by atoms with E-state index in [4.69, 9.17) is 0 Å². The lowest BCUT2D eigenvalue weighted by Crippen LogP contribution is -2.31. The number of carbonyl (C=O) groups excluding carboxylic acids is 1. The molecule has 0 saturated heterocycles. The highest BCUT2D eigenvalue weighted by Crippen LogP contribution is 2.23. The number of alkyl halides is 2. The van der Waals surface area contributed by atoms with Gasteiger partial charge in [0.25, 0.3) is 0 Å². The summed E-state index contributed by atoms with van der Waals surface area (Å²) in [6, 6.07) is 16.0. The predicted molar refractivity (Wildman–Crippen MR) is 89.0 cm³/mol. The summed E-state index contributed by atoms with van der Waals surface area (Å²) in [5.41, 5.74) is 1.85. The molecule has 0 aromatic heterocycles. The third kappa shape index (κ3) is 4.78. The first-order valence-corrected chi connectivity index (χ1v) is 7.85. The second-order valence-electron chi connectivity index (χ2n) is 5.59. The SMILES string of the molecule is CCC(C(=O)N(C)Cc1ccc(OC(F)F)cc1)c1ccccc1. The van der Waals surface area contributed by atoms with E-state index in [9.17, 15) is 13.6 Å². The first-order valence-electron chi connectivity index (χ1n) is 7.85. The summed E-state index contributed by atoms with van der Waals surface area (Å²) in [6.45, 7) is -0.437. The molecule has 0 saturated carbocycles. The van der Waals surface area contributed by atoms with Crippen LogP contribution in [0.3, 0.4) is 0 Å². The molecule has 0 aliphatic rings.